The predicted molar refractivity (Wildman–Crippen MR) is 132 cm³/mol. The van der Waals surface area contributed by atoms with Gasteiger partial charge in [0.2, 0.25) is 0 Å². The Morgan fingerprint density at radius 2 is 1.89 bits per heavy atom. The monoisotopic (exact) mass is 498 g/mol. The van der Waals surface area contributed by atoms with Gasteiger partial charge in [-0.25, -0.2) is 23.1 Å². The molecule has 190 valence electrons. The minimum atomic E-state index is -2.89. The number of hydrogen-bond donors (Lipinski definition) is 2. The SMILES string of the molecule is Cc1ncc(NCC2CCN(C(=O)c3cccnc3)CC2)c(N[C@H](C)c2cccc(C(F)F)c2F)n1. The van der Waals surface area contributed by atoms with Crippen LogP contribution in [0.3, 0.4) is 0 Å². The number of piperidine rings is 1. The maximum absolute atomic E-state index is 14.6. The number of anilines is 2. The summed E-state index contributed by atoms with van der Waals surface area (Å²) in [5, 5.41) is 6.52. The van der Waals surface area contributed by atoms with E-state index in [4.69, 9.17) is 0 Å². The number of nitrogens with one attached hydrogen (secondary N) is 2. The highest BCUT2D eigenvalue weighted by Gasteiger charge is 2.24. The van der Waals surface area contributed by atoms with E-state index in [1.807, 2.05) is 4.90 Å². The summed E-state index contributed by atoms with van der Waals surface area (Å²) in [6.07, 6.45) is 3.68. The molecule has 0 spiro atoms. The summed E-state index contributed by atoms with van der Waals surface area (Å²) in [5.74, 6) is 0.417. The summed E-state index contributed by atoms with van der Waals surface area (Å²) >= 11 is 0. The van der Waals surface area contributed by atoms with Crippen LogP contribution in [0.4, 0.5) is 24.7 Å². The van der Waals surface area contributed by atoms with E-state index in [1.54, 1.807) is 44.6 Å². The quantitative estimate of drug-likeness (QED) is 0.433. The van der Waals surface area contributed by atoms with E-state index >= 15 is 0 Å². The van der Waals surface area contributed by atoms with E-state index in [0.29, 0.717) is 48.4 Å². The number of alkyl halides is 2. The van der Waals surface area contributed by atoms with Gasteiger partial charge in [0, 0.05) is 37.6 Å². The third kappa shape index (κ3) is 5.92. The normalized spacial score (nSPS) is 15.1. The third-order valence-electron chi connectivity index (χ3n) is 6.41. The molecule has 1 saturated heterocycles. The number of halogens is 3. The second-order valence-corrected chi connectivity index (χ2v) is 8.95. The summed E-state index contributed by atoms with van der Waals surface area (Å²) in [6, 6.07) is 6.93. The first-order chi connectivity index (χ1) is 17.3. The lowest BCUT2D eigenvalue weighted by molar-refractivity contribution is 0.0694. The number of aryl methyl sites for hydroxylation is 1. The summed E-state index contributed by atoms with van der Waals surface area (Å²) in [4.78, 5) is 27.2. The lowest BCUT2D eigenvalue weighted by Crippen LogP contribution is -2.40. The zero-order valence-corrected chi connectivity index (χ0v) is 20.2. The van der Waals surface area contributed by atoms with Gasteiger partial charge in [0.25, 0.3) is 12.3 Å². The smallest absolute Gasteiger partial charge is 0.266 e. The number of amides is 1. The zero-order chi connectivity index (χ0) is 25.7. The van der Waals surface area contributed by atoms with Crippen molar-refractivity contribution in [1.82, 2.24) is 19.9 Å². The Balaban J connectivity index is 1.37. The molecule has 36 heavy (non-hydrogen) atoms. The number of benzene rings is 1. The molecule has 1 aliphatic heterocycles. The molecule has 1 atom stereocenters. The molecule has 2 aromatic heterocycles. The Bertz CT molecular complexity index is 1190. The second-order valence-electron chi connectivity index (χ2n) is 8.95. The van der Waals surface area contributed by atoms with E-state index < -0.39 is 23.8 Å². The van der Waals surface area contributed by atoms with Crippen LogP contribution in [0.5, 0.6) is 0 Å². The van der Waals surface area contributed by atoms with Gasteiger partial charge in [-0.2, -0.15) is 0 Å². The molecule has 0 aliphatic carbocycles. The fraction of sp³-hybridized carbons (Fsp3) is 0.385. The van der Waals surface area contributed by atoms with Crippen molar-refractivity contribution in [3.05, 3.63) is 77.3 Å². The highest BCUT2D eigenvalue weighted by Crippen LogP contribution is 2.30. The summed E-state index contributed by atoms with van der Waals surface area (Å²) in [6.45, 7) is 5.41. The van der Waals surface area contributed by atoms with Crippen molar-refractivity contribution in [1.29, 1.82) is 0 Å². The van der Waals surface area contributed by atoms with Gasteiger partial charge in [-0.05, 0) is 44.7 Å². The molecule has 1 fully saturated rings. The van der Waals surface area contributed by atoms with Gasteiger partial charge in [-0.15, -0.1) is 0 Å². The minimum absolute atomic E-state index is 0.00920. The summed E-state index contributed by atoms with van der Waals surface area (Å²) in [5.41, 5.74) is 0.755. The number of aromatic nitrogens is 3. The van der Waals surface area contributed by atoms with E-state index in [1.165, 1.54) is 12.1 Å². The largest absolute Gasteiger partial charge is 0.381 e. The fourth-order valence-electron chi connectivity index (χ4n) is 4.33. The Kier molecular flexibility index (Phi) is 8.02. The molecule has 1 aromatic carbocycles. The summed E-state index contributed by atoms with van der Waals surface area (Å²) < 4.78 is 40.9. The minimum Gasteiger partial charge on any atom is -0.381 e. The molecule has 4 rings (SSSR count). The average molecular weight is 499 g/mol. The molecule has 2 N–H and O–H groups in total. The number of hydrogen-bond acceptors (Lipinski definition) is 6. The Hall–Kier alpha value is -3.69. The predicted octanol–water partition coefficient (Wildman–Crippen LogP) is 5.39. The van der Waals surface area contributed by atoms with Gasteiger partial charge in [0.1, 0.15) is 11.6 Å². The van der Waals surface area contributed by atoms with Crippen molar-refractivity contribution in [2.45, 2.75) is 39.2 Å². The number of nitrogens with zero attached hydrogens (tertiary/aromatic N) is 4. The van der Waals surface area contributed by atoms with Crippen LogP contribution in [0.1, 0.15) is 59.5 Å². The third-order valence-corrected chi connectivity index (χ3v) is 6.41. The molecule has 3 aromatic rings. The van der Waals surface area contributed by atoms with Gasteiger partial charge >= 0.3 is 0 Å². The zero-order valence-electron chi connectivity index (χ0n) is 20.2. The van der Waals surface area contributed by atoms with Crippen LogP contribution in [-0.2, 0) is 0 Å². The highest BCUT2D eigenvalue weighted by atomic mass is 19.3. The van der Waals surface area contributed by atoms with Crippen LogP contribution >= 0.6 is 0 Å². The van der Waals surface area contributed by atoms with Crippen LogP contribution in [0.15, 0.2) is 48.9 Å². The van der Waals surface area contributed by atoms with E-state index in [9.17, 15) is 18.0 Å². The maximum Gasteiger partial charge on any atom is 0.266 e. The van der Waals surface area contributed by atoms with E-state index in [2.05, 4.69) is 25.6 Å². The molecule has 10 heteroatoms. The van der Waals surface area contributed by atoms with Crippen molar-refractivity contribution in [2.24, 2.45) is 5.92 Å². The van der Waals surface area contributed by atoms with Crippen molar-refractivity contribution < 1.29 is 18.0 Å². The summed E-state index contributed by atoms with van der Waals surface area (Å²) in [7, 11) is 0. The number of rotatable bonds is 8. The van der Waals surface area contributed by atoms with Gasteiger partial charge in [-0.1, -0.05) is 18.2 Å². The first kappa shape index (κ1) is 25.4. The van der Waals surface area contributed by atoms with Gasteiger partial charge in [-0.3, -0.25) is 9.78 Å². The average Bonchev–Trinajstić information content (AvgIpc) is 2.88. The standard InChI is InChI=1S/C26H29F3N6O/c1-16(20-6-3-7-21(23(20)27)24(28)29)33-25-22(15-31-17(2)34-25)32-13-18-8-11-35(12-9-18)26(36)19-5-4-10-30-14-19/h3-7,10,14-16,18,24,32H,8-9,11-13H2,1-2H3,(H,31,33,34)/t16-/m1/s1. The first-order valence-corrected chi connectivity index (χ1v) is 11.9. The lowest BCUT2D eigenvalue weighted by atomic mass is 9.96. The highest BCUT2D eigenvalue weighted by molar-refractivity contribution is 5.93. The Labute approximate surface area is 208 Å². The van der Waals surface area contributed by atoms with Gasteiger partial charge in [0.05, 0.1) is 29.1 Å². The molecular formula is C26H29F3N6O. The van der Waals surface area contributed by atoms with Crippen LogP contribution < -0.4 is 10.6 Å². The van der Waals surface area contributed by atoms with E-state index in [0.717, 1.165) is 18.9 Å². The lowest BCUT2D eigenvalue weighted by Gasteiger charge is -2.32. The fourth-order valence-corrected chi connectivity index (χ4v) is 4.33. The van der Waals surface area contributed by atoms with Gasteiger partial charge < -0.3 is 15.5 Å². The van der Waals surface area contributed by atoms with E-state index in [-0.39, 0.29) is 11.5 Å². The first-order valence-electron chi connectivity index (χ1n) is 11.9. The van der Waals surface area contributed by atoms with Crippen molar-refractivity contribution in [2.75, 3.05) is 30.3 Å². The molecule has 1 aliphatic rings. The second kappa shape index (κ2) is 11.4. The molecule has 0 bridgehead atoms. The van der Waals surface area contributed by atoms with Crippen LogP contribution in [0.25, 0.3) is 0 Å². The number of carbonyl (C=O) groups excluding carboxylic acids is 1. The van der Waals surface area contributed by atoms with Crippen LogP contribution in [0, 0.1) is 18.7 Å². The number of pyridine rings is 1. The molecule has 0 saturated carbocycles. The van der Waals surface area contributed by atoms with Crippen LogP contribution in [0.2, 0.25) is 0 Å². The topological polar surface area (TPSA) is 83.0 Å². The van der Waals surface area contributed by atoms with Crippen LogP contribution in [-0.4, -0.2) is 45.4 Å². The molecule has 1 amide bonds. The number of carbonyl (C=O) groups is 1. The Morgan fingerprint density at radius 1 is 1.14 bits per heavy atom. The molecule has 0 unspecified atom stereocenters. The molecular weight excluding hydrogens is 469 g/mol. The number of likely N-dealkylation sites (tertiary alicyclic amines) is 1. The van der Waals surface area contributed by atoms with Crippen molar-refractivity contribution in [3.8, 4) is 0 Å². The van der Waals surface area contributed by atoms with Crippen molar-refractivity contribution in [3.63, 3.8) is 0 Å². The Morgan fingerprint density at radius 3 is 2.58 bits per heavy atom. The molecule has 3 heterocycles. The van der Waals surface area contributed by atoms with Crippen molar-refractivity contribution >= 4 is 17.4 Å². The molecule has 7 nitrogen and oxygen atoms in total. The van der Waals surface area contributed by atoms with Gasteiger partial charge in [0.15, 0.2) is 5.82 Å². The maximum atomic E-state index is 14.6. The molecule has 0 radical (unpaired) electrons.